The molecule has 20 heavy (non-hydrogen) atoms. The van der Waals surface area contributed by atoms with Gasteiger partial charge in [-0.05, 0) is 56.8 Å². The van der Waals surface area contributed by atoms with Gasteiger partial charge in [0.1, 0.15) is 0 Å². The number of hydrogen-bond donors (Lipinski definition) is 1. The molecule has 1 aliphatic heterocycles. The standard InChI is InChI=1S/C17H26N2O/c1-3-19(13-16-7-5-4-6-14(16)2)17(20)9-8-15-10-11-18-12-15/h4-7,15,18H,3,8-13H2,1-2H3. The molecule has 1 fully saturated rings. The van der Waals surface area contributed by atoms with Crippen molar-refractivity contribution in [2.45, 2.75) is 39.7 Å². The van der Waals surface area contributed by atoms with E-state index < -0.39 is 0 Å². The zero-order chi connectivity index (χ0) is 14.4. The second kappa shape index (κ2) is 7.44. The van der Waals surface area contributed by atoms with Gasteiger partial charge >= 0.3 is 0 Å². The minimum atomic E-state index is 0.294. The van der Waals surface area contributed by atoms with Gasteiger partial charge in [0.15, 0.2) is 0 Å². The van der Waals surface area contributed by atoms with Gasteiger partial charge < -0.3 is 10.2 Å². The van der Waals surface area contributed by atoms with Crippen LogP contribution in [-0.4, -0.2) is 30.4 Å². The lowest BCUT2D eigenvalue weighted by Crippen LogP contribution is -2.30. The van der Waals surface area contributed by atoms with E-state index in [1.807, 2.05) is 17.0 Å². The van der Waals surface area contributed by atoms with Crippen molar-refractivity contribution in [3.8, 4) is 0 Å². The number of hydrogen-bond acceptors (Lipinski definition) is 2. The SMILES string of the molecule is CCN(Cc1ccccc1C)C(=O)CCC1CCNC1. The van der Waals surface area contributed by atoms with E-state index in [1.54, 1.807) is 0 Å². The van der Waals surface area contributed by atoms with E-state index in [4.69, 9.17) is 0 Å². The Hall–Kier alpha value is -1.35. The molecule has 0 spiro atoms. The molecule has 1 saturated heterocycles. The van der Waals surface area contributed by atoms with Gasteiger partial charge in [-0.15, -0.1) is 0 Å². The maximum absolute atomic E-state index is 12.4. The fourth-order valence-electron chi connectivity index (χ4n) is 2.82. The number of benzene rings is 1. The molecule has 0 radical (unpaired) electrons. The van der Waals surface area contributed by atoms with Crippen LogP contribution in [0.4, 0.5) is 0 Å². The van der Waals surface area contributed by atoms with Gasteiger partial charge in [-0.3, -0.25) is 4.79 Å². The Bertz CT molecular complexity index is 438. The summed E-state index contributed by atoms with van der Waals surface area (Å²) in [6.07, 6.45) is 2.93. The smallest absolute Gasteiger partial charge is 0.222 e. The molecule has 1 aromatic rings. The summed E-state index contributed by atoms with van der Waals surface area (Å²) in [5.74, 6) is 0.985. The highest BCUT2D eigenvalue weighted by Crippen LogP contribution is 2.17. The molecule has 0 saturated carbocycles. The van der Waals surface area contributed by atoms with E-state index >= 15 is 0 Å². The predicted molar refractivity (Wildman–Crippen MR) is 82.5 cm³/mol. The van der Waals surface area contributed by atoms with E-state index in [2.05, 4.69) is 31.3 Å². The first-order valence-electron chi connectivity index (χ1n) is 7.73. The molecular formula is C17H26N2O. The third-order valence-corrected chi connectivity index (χ3v) is 4.29. The topological polar surface area (TPSA) is 32.3 Å². The summed E-state index contributed by atoms with van der Waals surface area (Å²) in [4.78, 5) is 14.3. The van der Waals surface area contributed by atoms with Gasteiger partial charge in [-0.2, -0.15) is 0 Å². The molecule has 1 unspecified atom stereocenters. The van der Waals surface area contributed by atoms with E-state index in [0.29, 0.717) is 18.2 Å². The normalized spacial score (nSPS) is 18.2. The van der Waals surface area contributed by atoms with Crippen LogP contribution >= 0.6 is 0 Å². The molecule has 110 valence electrons. The van der Waals surface area contributed by atoms with E-state index in [0.717, 1.165) is 32.6 Å². The first-order valence-corrected chi connectivity index (χ1v) is 7.73. The molecule has 1 N–H and O–H groups in total. The van der Waals surface area contributed by atoms with Gasteiger partial charge in [0, 0.05) is 19.5 Å². The number of nitrogens with one attached hydrogen (secondary N) is 1. The van der Waals surface area contributed by atoms with Crippen LogP contribution in [0.2, 0.25) is 0 Å². The van der Waals surface area contributed by atoms with Crippen LogP contribution in [0, 0.1) is 12.8 Å². The van der Waals surface area contributed by atoms with Crippen LogP contribution in [0.5, 0.6) is 0 Å². The lowest BCUT2D eigenvalue weighted by Gasteiger charge is -2.22. The molecule has 3 heteroatoms. The van der Waals surface area contributed by atoms with Gasteiger partial charge in [0.05, 0.1) is 0 Å². The van der Waals surface area contributed by atoms with Gasteiger partial charge in [-0.25, -0.2) is 0 Å². The van der Waals surface area contributed by atoms with E-state index in [-0.39, 0.29) is 0 Å². The zero-order valence-corrected chi connectivity index (χ0v) is 12.7. The summed E-state index contributed by atoms with van der Waals surface area (Å²) >= 11 is 0. The summed E-state index contributed by atoms with van der Waals surface area (Å²) in [6, 6.07) is 8.32. The largest absolute Gasteiger partial charge is 0.339 e. The van der Waals surface area contributed by atoms with Crippen molar-refractivity contribution in [1.29, 1.82) is 0 Å². The van der Waals surface area contributed by atoms with Crippen molar-refractivity contribution in [2.75, 3.05) is 19.6 Å². The van der Waals surface area contributed by atoms with Crippen molar-refractivity contribution in [3.05, 3.63) is 35.4 Å². The van der Waals surface area contributed by atoms with Crippen LogP contribution in [0.3, 0.4) is 0 Å². The highest BCUT2D eigenvalue weighted by atomic mass is 16.2. The van der Waals surface area contributed by atoms with Crippen molar-refractivity contribution in [3.63, 3.8) is 0 Å². The maximum atomic E-state index is 12.4. The van der Waals surface area contributed by atoms with Crippen LogP contribution in [0.1, 0.15) is 37.3 Å². The third-order valence-electron chi connectivity index (χ3n) is 4.29. The van der Waals surface area contributed by atoms with Crippen molar-refractivity contribution < 1.29 is 4.79 Å². The van der Waals surface area contributed by atoms with Crippen LogP contribution in [0.25, 0.3) is 0 Å². The summed E-state index contributed by atoms with van der Waals surface area (Å²) in [7, 11) is 0. The molecule has 0 aliphatic carbocycles. The number of amides is 1. The summed E-state index contributed by atoms with van der Waals surface area (Å²) in [5.41, 5.74) is 2.52. The second-order valence-corrected chi connectivity index (χ2v) is 5.73. The highest BCUT2D eigenvalue weighted by Gasteiger charge is 2.18. The van der Waals surface area contributed by atoms with Gasteiger partial charge in [-0.1, -0.05) is 24.3 Å². The fraction of sp³-hybridized carbons (Fsp3) is 0.588. The molecule has 1 atom stereocenters. The minimum absolute atomic E-state index is 0.294. The number of carbonyl (C=O) groups excluding carboxylic acids is 1. The third kappa shape index (κ3) is 4.07. The summed E-state index contributed by atoms with van der Waals surface area (Å²) in [5, 5.41) is 3.36. The molecule has 1 aromatic carbocycles. The number of carbonyl (C=O) groups is 1. The first kappa shape index (κ1) is 15.0. The lowest BCUT2D eigenvalue weighted by molar-refractivity contribution is -0.131. The molecular weight excluding hydrogens is 248 g/mol. The first-order chi connectivity index (χ1) is 9.70. The van der Waals surface area contributed by atoms with Crippen molar-refractivity contribution >= 4 is 5.91 Å². The summed E-state index contributed by atoms with van der Waals surface area (Å²) in [6.45, 7) is 7.89. The fourth-order valence-corrected chi connectivity index (χ4v) is 2.82. The molecule has 2 rings (SSSR count). The average Bonchev–Trinajstić information content (AvgIpc) is 2.97. The highest BCUT2D eigenvalue weighted by molar-refractivity contribution is 5.76. The summed E-state index contributed by atoms with van der Waals surface area (Å²) < 4.78 is 0. The number of rotatable bonds is 6. The van der Waals surface area contributed by atoms with Crippen LogP contribution < -0.4 is 5.32 Å². The Labute approximate surface area is 122 Å². The minimum Gasteiger partial charge on any atom is -0.339 e. The van der Waals surface area contributed by atoms with E-state index in [9.17, 15) is 4.79 Å². The van der Waals surface area contributed by atoms with Crippen LogP contribution in [0.15, 0.2) is 24.3 Å². The lowest BCUT2D eigenvalue weighted by atomic mass is 10.0. The second-order valence-electron chi connectivity index (χ2n) is 5.73. The Morgan fingerprint density at radius 2 is 2.20 bits per heavy atom. The van der Waals surface area contributed by atoms with Crippen LogP contribution in [-0.2, 0) is 11.3 Å². The van der Waals surface area contributed by atoms with Gasteiger partial charge in [0.25, 0.3) is 0 Å². The maximum Gasteiger partial charge on any atom is 0.222 e. The molecule has 1 heterocycles. The molecule has 0 aromatic heterocycles. The quantitative estimate of drug-likeness (QED) is 0.865. The Morgan fingerprint density at radius 1 is 1.40 bits per heavy atom. The Kier molecular flexibility index (Phi) is 5.60. The monoisotopic (exact) mass is 274 g/mol. The van der Waals surface area contributed by atoms with Crippen molar-refractivity contribution in [2.24, 2.45) is 5.92 Å². The molecule has 1 amide bonds. The van der Waals surface area contributed by atoms with E-state index in [1.165, 1.54) is 17.5 Å². The Balaban J connectivity index is 1.87. The molecule has 1 aliphatic rings. The number of nitrogens with zero attached hydrogens (tertiary/aromatic N) is 1. The number of aryl methyl sites for hydroxylation is 1. The average molecular weight is 274 g/mol. The molecule has 3 nitrogen and oxygen atoms in total. The molecule has 0 bridgehead atoms. The van der Waals surface area contributed by atoms with Crippen molar-refractivity contribution in [1.82, 2.24) is 10.2 Å². The Morgan fingerprint density at radius 3 is 2.85 bits per heavy atom. The van der Waals surface area contributed by atoms with Gasteiger partial charge in [0.2, 0.25) is 5.91 Å². The zero-order valence-electron chi connectivity index (χ0n) is 12.7. The predicted octanol–water partition coefficient (Wildman–Crippen LogP) is 2.73.